The van der Waals surface area contributed by atoms with Crippen LogP contribution in [0.2, 0.25) is 0 Å². The zero-order valence-corrected chi connectivity index (χ0v) is 17.1. The topological polar surface area (TPSA) is 115 Å². The molecule has 1 aliphatic heterocycles. The van der Waals surface area contributed by atoms with Crippen LogP contribution >= 0.6 is 0 Å². The van der Waals surface area contributed by atoms with E-state index in [1.165, 1.54) is 0 Å². The van der Waals surface area contributed by atoms with Gasteiger partial charge in [-0.25, -0.2) is 18.1 Å². The monoisotopic (exact) mass is 418 g/mol. The Labute approximate surface area is 167 Å². The highest BCUT2D eigenvalue weighted by molar-refractivity contribution is 7.89. The Hall–Kier alpha value is -2.50. The largest absolute Gasteiger partial charge is 0.420 e. The van der Waals surface area contributed by atoms with E-state index in [-0.39, 0.29) is 16.3 Å². The Morgan fingerprint density at radius 2 is 1.93 bits per heavy atom. The molecule has 0 unspecified atom stereocenters. The van der Waals surface area contributed by atoms with Crippen molar-refractivity contribution < 1.29 is 17.6 Å². The number of sulfonamides is 1. The van der Waals surface area contributed by atoms with Crippen LogP contribution in [-0.4, -0.2) is 59.8 Å². The number of aryl methyl sites for hydroxylation is 1. The average molecular weight is 418 g/mol. The van der Waals surface area contributed by atoms with Crippen LogP contribution in [0.25, 0.3) is 17.1 Å². The van der Waals surface area contributed by atoms with Gasteiger partial charge in [0.25, 0.3) is 5.89 Å². The van der Waals surface area contributed by atoms with E-state index in [2.05, 4.69) is 24.8 Å². The first-order valence-electron chi connectivity index (χ1n) is 9.53. The molecule has 5 rings (SSSR count). The molecule has 0 bridgehead atoms. The fourth-order valence-electron chi connectivity index (χ4n) is 3.47. The van der Waals surface area contributed by atoms with Gasteiger partial charge in [-0.15, -0.1) is 10.2 Å². The summed E-state index contributed by atoms with van der Waals surface area (Å²) in [5, 5.41) is 7.92. The summed E-state index contributed by atoms with van der Waals surface area (Å²) in [7, 11) is -3.70. The van der Waals surface area contributed by atoms with E-state index in [1.54, 1.807) is 25.4 Å². The minimum Gasteiger partial charge on any atom is -0.420 e. The first-order chi connectivity index (χ1) is 13.8. The maximum atomic E-state index is 13.1. The number of pyridine rings is 1. The van der Waals surface area contributed by atoms with Crippen molar-refractivity contribution in [2.24, 2.45) is 0 Å². The van der Waals surface area contributed by atoms with Gasteiger partial charge < -0.3 is 14.1 Å². The summed E-state index contributed by atoms with van der Waals surface area (Å²) in [6.45, 7) is 6.10. The lowest BCUT2D eigenvalue weighted by Gasteiger charge is -2.29. The number of hydrogen-bond donors (Lipinski definition) is 1. The molecule has 4 heterocycles. The number of fused-ring (bicyclic) bond motifs is 1. The summed E-state index contributed by atoms with van der Waals surface area (Å²) in [5.74, 6) is 1.42. The Bertz CT molecular complexity index is 1170. The van der Waals surface area contributed by atoms with Gasteiger partial charge in [0.15, 0.2) is 5.69 Å². The lowest BCUT2D eigenvalue weighted by atomic mass is 10.3. The normalized spacial score (nSPS) is 19.0. The number of aromatic nitrogens is 4. The fourth-order valence-corrected chi connectivity index (χ4v) is 4.97. The van der Waals surface area contributed by atoms with Crippen molar-refractivity contribution in [1.82, 2.24) is 24.3 Å². The van der Waals surface area contributed by atoms with Gasteiger partial charge in [-0.3, -0.25) is 4.40 Å². The fraction of sp³-hybridized carbons (Fsp3) is 0.500. The standard InChI is InChI=1S/C18H22N6O4S/c1-12-20-21-17(28-12)16-14-9-13(29(25,26)22-18(2)3-4-18)10-15(24(14)11-19-16)23-5-7-27-8-6-23/h9-11,22H,3-8H2,1-2H3. The van der Waals surface area contributed by atoms with E-state index in [0.29, 0.717) is 43.4 Å². The zero-order valence-electron chi connectivity index (χ0n) is 16.3. The summed E-state index contributed by atoms with van der Waals surface area (Å²) in [4.78, 5) is 6.73. The molecule has 2 fully saturated rings. The lowest BCUT2D eigenvalue weighted by Crippen LogP contribution is -2.38. The third-order valence-electron chi connectivity index (χ3n) is 5.36. The van der Waals surface area contributed by atoms with Gasteiger partial charge in [0.05, 0.1) is 23.6 Å². The Kier molecular flexibility index (Phi) is 4.16. The second-order valence-corrected chi connectivity index (χ2v) is 9.47. The molecule has 1 aliphatic carbocycles. The molecule has 1 saturated heterocycles. The molecule has 0 aromatic carbocycles. The van der Waals surface area contributed by atoms with Gasteiger partial charge in [0.1, 0.15) is 12.1 Å². The molecule has 0 spiro atoms. The second-order valence-electron chi connectivity index (χ2n) is 7.79. The number of nitrogens with zero attached hydrogens (tertiary/aromatic N) is 5. The van der Waals surface area contributed by atoms with Gasteiger partial charge >= 0.3 is 0 Å². The molecule has 29 heavy (non-hydrogen) atoms. The highest BCUT2D eigenvalue weighted by atomic mass is 32.2. The molecule has 3 aromatic rings. The lowest BCUT2D eigenvalue weighted by molar-refractivity contribution is 0.122. The molecular formula is C18H22N6O4S. The van der Waals surface area contributed by atoms with Gasteiger partial charge in [-0.1, -0.05) is 0 Å². The molecule has 2 aliphatic rings. The number of rotatable bonds is 5. The van der Waals surface area contributed by atoms with E-state index in [0.717, 1.165) is 18.7 Å². The number of anilines is 1. The molecule has 1 saturated carbocycles. The first kappa shape index (κ1) is 18.5. The van der Waals surface area contributed by atoms with Crippen LogP contribution in [-0.2, 0) is 14.8 Å². The SMILES string of the molecule is Cc1nnc(-c2ncn3c(N4CCOCC4)cc(S(=O)(=O)NC4(C)CC4)cc23)o1. The molecule has 0 amide bonds. The summed E-state index contributed by atoms with van der Waals surface area (Å²) >= 11 is 0. The first-order valence-corrected chi connectivity index (χ1v) is 11.0. The van der Waals surface area contributed by atoms with Crippen LogP contribution in [0.4, 0.5) is 5.82 Å². The van der Waals surface area contributed by atoms with Crippen molar-refractivity contribution in [2.75, 3.05) is 31.2 Å². The second kappa shape index (κ2) is 6.51. The number of nitrogens with one attached hydrogen (secondary N) is 1. The van der Waals surface area contributed by atoms with Gasteiger partial charge in [0.2, 0.25) is 15.9 Å². The zero-order chi connectivity index (χ0) is 20.2. The quantitative estimate of drug-likeness (QED) is 0.660. The van der Waals surface area contributed by atoms with Crippen molar-refractivity contribution in [3.8, 4) is 11.6 Å². The third-order valence-corrected chi connectivity index (χ3v) is 6.97. The van der Waals surface area contributed by atoms with E-state index in [4.69, 9.17) is 9.15 Å². The van der Waals surface area contributed by atoms with Crippen molar-refractivity contribution >= 4 is 21.4 Å². The predicted octanol–water partition coefficient (Wildman–Crippen LogP) is 1.36. The van der Waals surface area contributed by atoms with Crippen molar-refractivity contribution in [1.29, 1.82) is 0 Å². The molecule has 0 atom stereocenters. The maximum Gasteiger partial charge on any atom is 0.268 e. The molecule has 3 aromatic heterocycles. The Morgan fingerprint density at radius 3 is 2.59 bits per heavy atom. The molecule has 154 valence electrons. The van der Waals surface area contributed by atoms with Crippen LogP contribution in [0, 0.1) is 6.92 Å². The molecule has 0 radical (unpaired) electrons. The molecule has 10 nitrogen and oxygen atoms in total. The van der Waals surface area contributed by atoms with Crippen molar-refractivity contribution in [2.45, 2.75) is 37.1 Å². The van der Waals surface area contributed by atoms with Gasteiger partial charge in [-0.2, -0.15) is 0 Å². The predicted molar refractivity (Wildman–Crippen MR) is 104 cm³/mol. The minimum absolute atomic E-state index is 0.192. The molecular weight excluding hydrogens is 396 g/mol. The number of ether oxygens (including phenoxy) is 1. The number of imidazole rings is 1. The molecule has 11 heteroatoms. The van der Waals surface area contributed by atoms with Gasteiger partial charge in [-0.05, 0) is 31.9 Å². The van der Waals surface area contributed by atoms with Crippen LogP contribution in [0.3, 0.4) is 0 Å². The van der Waals surface area contributed by atoms with E-state index in [9.17, 15) is 8.42 Å². The van der Waals surface area contributed by atoms with Crippen LogP contribution < -0.4 is 9.62 Å². The highest BCUT2D eigenvalue weighted by Crippen LogP contribution is 2.37. The molecule has 1 N–H and O–H groups in total. The number of morpholine rings is 1. The van der Waals surface area contributed by atoms with E-state index < -0.39 is 10.0 Å². The highest BCUT2D eigenvalue weighted by Gasteiger charge is 2.41. The van der Waals surface area contributed by atoms with Crippen LogP contribution in [0.1, 0.15) is 25.7 Å². The minimum atomic E-state index is -3.70. The average Bonchev–Trinajstić information content (AvgIpc) is 3.07. The van der Waals surface area contributed by atoms with Crippen LogP contribution in [0.15, 0.2) is 27.8 Å². The summed E-state index contributed by atoms with van der Waals surface area (Å²) in [5.41, 5.74) is 0.685. The Balaban J connectivity index is 1.68. The summed E-state index contributed by atoms with van der Waals surface area (Å²) in [6, 6.07) is 3.30. The summed E-state index contributed by atoms with van der Waals surface area (Å²) in [6.07, 6.45) is 3.33. The number of hydrogen-bond acceptors (Lipinski definition) is 8. The van der Waals surface area contributed by atoms with Crippen molar-refractivity contribution in [3.63, 3.8) is 0 Å². The van der Waals surface area contributed by atoms with Crippen LogP contribution in [0.5, 0.6) is 0 Å². The third kappa shape index (κ3) is 3.38. The summed E-state index contributed by atoms with van der Waals surface area (Å²) < 4.78 is 41.9. The van der Waals surface area contributed by atoms with Crippen molar-refractivity contribution in [3.05, 3.63) is 24.4 Å². The maximum absolute atomic E-state index is 13.1. The van der Waals surface area contributed by atoms with Gasteiger partial charge in [0, 0.05) is 25.6 Å². The van der Waals surface area contributed by atoms with E-state index >= 15 is 0 Å². The Morgan fingerprint density at radius 1 is 1.17 bits per heavy atom. The smallest absolute Gasteiger partial charge is 0.268 e. The van der Waals surface area contributed by atoms with E-state index in [1.807, 2.05) is 11.3 Å².